The zero-order valence-electron chi connectivity index (χ0n) is 14.9. The summed E-state index contributed by atoms with van der Waals surface area (Å²) in [7, 11) is 1.68. The van der Waals surface area contributed by atoms with E-state index in [-0.39, 0.29) is 12.2 Å². The summed E-state index contributed by atoms with van der Waals surface area (Å²) in [5, 5.41) is 12.7. The molecule has 0 heterocycles. The van der Waals surface area contributed by atoms with Crippen LogP contribution in [0.2, 0.25) is 0 Å². The fourth-order valence-corrected chi connectivity index (χ4v) is 2.57. The second kappa shape index (κ2) is 11.7. The van der Waals surface area contributed by atoms with E-state index in [2.05, 4.69) is 12.2 Å². The van der Waals surface area contributed by atoms with E-state index in [0.717, 1.165) is 30.7 Å². The number of esters is 1. The highest BCUT2D eigenvalue weighted by molar-refractivity contribution is 5.94. The van der Waals surface area contributed by atoms with Crippen LogP contribution in [0.5, 0.6) is 0 Å². The van der Waals surface area contributed by atoms with Gasteiger partial charge in [0.25, 0.3) is 0 Å². The van der Waals surface area contributed by atoms with Gasteiger partial charge in [0.2, 0.25) is 0 Å². The van der Waals surface area contributed by atoms with Crippen LogP contribution in [0.25, 0.3) is 0 Å². The van der Waals surface area contributed by atoms with E-state index < -0.39 is 5.97 Å². The molecule has 1 aliphatic rings. The fraction of sp³-hybridized carbons (Fsp3) is 0.667. The molecule has 6 heteroatoms. The quantitative estimate of drug-likeness (QED) is 0.285. The number of carbonyl (C=O) groups excluding carboxylic acids is 1. The van der Waals surface area contributed by atoms with Crippen molar-refractivity contribution in [3.63, 3.8) is 0 Å². The maximum Gasteiger partial charge on any atom is 0.349 e. The topological polar surface area (TPSA) is 80.6 Å². The molecule has 1 aliphatic carbocycles. The average molecular weight is 336 g/mol. The summed E-state index contributed by atoms with van der Waals surface area (Å²) in [6.07, 6.45) is 4.43. The summed E-state index contributed by atoms with van der Waals surface area (Å²) in [6.45, 7) is 6.57. The molecule has 0 aliphatic heterocycles. The average Bonchev–Trinajstić information content (AvgIpc) is 2.56. The second-order valence-corrected chi connectivity index (χ2v) is 5.80. The Morgan fingerprint density at radius 2 is 2.17 bits per heavy atom. The summed E-state index contributed by atoms with van der Waals surface area (Å²) in [5.41, 5.74) is 1.89. The fourth-order valence-electron chi connectivity index (χ4n) is 2.57. The van der Waals surface area contributed by atoms with Crippen LogP contribution >= 0.6 is 0 Å². The summed E-state index contributed by atoms with van der Waals surface area (Å²) >= 11 is 0. The van der Waals surface area contributed by atoms with Crippen molar-refractivity contribution >= 4 is 5.97 Å². The summed E-state index contributed by atoms with van der Waals surface area (Å²) < 4.78 is 15.3. The molecule has 6 nitrogen and oxygen atoms in total. The first-order valence-electron chi connectivity index (χ1n) is 8.43. The highest BCUT2D eigenvalue weighted by atomic mass is 16.6. The molecule has 134 valence electrons. The molecule has 1 unspecified atom stereocenters. The Kier molecular flexibility index (Phi) is 9.81. The molecule has 0 bridgehead atoms. The zero-order chi connectivity index (χ0) is 17.8. The van der Waals surface area contributed by atoms with E-state index in [9.17, 15) is 10.1 Å². The van der Waals surface area contributed by atoms with Crippen LogP contribution in [-0.4, -0.2) is 46.1 Å². The van der Waals surface area contributed by atoms with E-state index in [4.69, 9.17) is 14.2 Å². The first-order valence-corrected chi connectivity index (χ1v) is 8.43. The second-order valence-electron chi connectivity index (χ2n) is 5.80. The van der Waals surface area contributed by atoms with Gasteiger partial charge in [-0.2, -0.15) is 5.26 Å². The van der Waals surface area contributed by atoms with Crippen molar-refractivity contribution in [1.82, 2.24) is 5.32 Å². The van der Waals surface area contributed by atoms with Crippen LogP contribution in [0, 0.1) is 17.2 Å². The maximum absolute atomic E-state index is 12.1. The Morgan fingerprint density at radius 1 is 1.38 bits per heavy atom. The van der Waals surface area contributed by atoms with Crippen molar-refractivity contribution in [2.24, 2.45) is 5.92 Å². The highest BCUT2D eigenvalue weighted by Crippen LogP contribution is 2.28. The van der Waals surface area contributed by atoms with Gasteiger partial charge in [0.1, 0.15) is 18.2 Å². The third kappa shape index (κ3) is 7.16. The minimum absolute atomic E-state index is 0.0919. The van der Waals surface area contributed by atoms with Crippen molar-refractivity contribution in [1.29, 1.82) is 5.26 Å². The molecular weight excluding hydrogens is 308 g/mol. The van der Waals surface area contributed by atoms with Crippen LogP contribution < -0.4 is 5.32 Å². The van der Waals surface area contributed by atoms with Crippen LogP contribution in [0.3, 0.4) is 0 Å². The number of nitriles is 1. The molecule has 1 rings (SSSR count). The van der Waals surface area contributed by atoms with Crippen LogP contribution in [-0.2, 0) is 19.0 Å². The SMILES string of the molecule is CCOCCOC(=O)/C(C#N)=C1\C=C(NCCCOC)CC(C)C1. The maximum atomic E-state index is 12.1. The summed E-state index contributed by atoms with van der Waals surface area (Å²) in [6, 6.07) is 2.00. The van der Waals surface area contributed by atoms with Crippen molar-refractivity contribution in [2.45, 2.75) is 33.1 Å². The number of hydrogen-bond donors (Lipinski definition) is 1. The molecule has 0 radical (unpaired) electrons. The molecule has 0 spiro atoms. The molecule has 1 N–H and O–H groups in total. The molecule has 0 aromatic carbocycles. The number of allylic oxidation sites excluding steroid dienone is 3. The number of nitrogens with zero attached hydrogens (tertiary/aromatic N) is 1. The van der Waals surface area contributed by atoms with Gasteiger partial charge in [0.05, 0.1) is 6.61 Å². The van der Waals surface area contributed by atoms with E-state index in [1.807, 2.05) is 19.1 Å². The van der Waals surface area contributed by atoms with Crippen molar-refractivity contribution < 1.29 is 19.0 Å². The lowest BCUT2D eigenvalue weighted by atomic mass is 9.87. The van der Waals surface area contributed by atoms with Gasteiger partial charge in [-0.3, -0.25) is 0 Å². The lowest BCUT2D eigenvalue weighted by Gasteiger charge is -2.23. The lowest BCUT2D eigenvalue weighted by molar-refractivity contribution is -0.140. The monoisotopic (exact) mass is 336 g/mol. The molecule has 0 amide bonds. The number of ether oxygens (including phenoxy) is 3. The molecule has 0 aromatic rings. The van der Waals surface area contributed by atoms with Gasteiger partial charge in [0.15, 0.2) is 0 Å². The van der Waals surface area contributed by atoms with Gasteiger partial charge in [0, 0.05) is 32.6 Å². The Morgan fingerprint density at radius 3 is 2.83 bits per heavy atom. The van der Waals surface area contributed by atoms with Gasteiger partial charge in [-0.05, 0) is 43.8 Å². The Balaban J connectivity index is 2.74. The lowest BCUT2D eigenvalue weighted by Crippen LogP contribution is -2.22. The number of nitrogens with one attached hydrogen (secondary N) is 1. The molecule has 24 heavy (non-hydrogen) atoms. The third-order valence-corrected chi connectivity index (χ3v) is 3.66. The number of carbonyl (C=O) groups is 1. The smallest absolute Gasteiger partial charge is 0.349 e. The van der Waals surface area contributed by atoms with Crippen molar-refractivity contribution in [3.05, 3.63) is 22.9 Å². The largest absolute Gasteiger partial charge is 0.459 e. The van der Waals surface area contributed by atoms with E-state index in [0.29, 0.717) is 32.2 Å². The molecule has 0 aromatic heterocycles. The molecule has 0 fully saturated rings. The van der Waals surface area contributed by atoms with Gasteiger partial charge < -0.3 is 19.5 Å². The first kappa shape index (κ1) is 20.2. The van der Waals surface area contributed by atoms with Crippen molar-refractivity contribution in [3.8, 4) is 6.07 Å². The summed E-state index contributed by atoms with van der Waals surface area (Å²) in [4.78, 5) is 12.1. The van der Waals surface area contributed by atoms with E-state index in [1.165, 1.54) is 0 Å². The standard InChI is InChI=1S/C18H28N2O4/c1-4-23-8-9-24-18(21)17(13-19)15-10-14(2)11-16(12-15)20-6-5-7-22-3/h12,14,20H,4-11H2,1-3H3/b17-15-. The normalized spacial score (nSPS) is 19.2. The zero-order valence-corrected chi connectivity index (χ0v) is 14.9. The van der Waals surface area contributed by atoms with Crippen LogP contribution in [0.1, 0.15) is 33.1 Å². The third-order valence-electron chi connectivity index (χ3n) is 3.66. The predicted octanol–water partition coefficient (Wildman–Crippen LogP) is 2.33. The van der Waals surface area contributed by atoms with Crippen molar-refractivity contribution in [2.75, 3.05) is 40.1 Å². The first-order chi connectivity index (χ1) is 11.6. The number of hydrogen-bond acceptors (Lipinski definition) is 6. The Hall–Kier alpha value is -1.84. The number of methoxy groups -OCH3 is 1. The Labute approximate surface area is 144 Å². The predicted molar refractivity (Wildman–Crippen MR) is 91.1 cm³/mol. The minimum atomic E-state index is -0.573. The van der Waals surface area contributed by atoms with E-state index >= 15 is 0 Å². The van der Waals surface area contributed by atoms with Crippen LogP contribution in [0.4, 0.5) is 0 Å². The highest BCUT2D eigenvalue weighted by Gasteiger charge is 2.22. The van der Waals surface area contributed by atoms with Gasteiger partial charge in [-0.1, -0.05) is 6.92 Å². The number of rotatable bonds is 10. The van der Waals surface area contributed by atoms with Crippen LogP contribution in [0.15, 0.2) is 22.9 Å². The minimum Gasteiger partial charge on any atom is -0.459 e. The Bertz CT molecular complexity index is 506. The molecule has 1 atom stereocenters. The van der Waals surface area contributed by atoms with Gasteiger partial charge >= 0.3 is 5.97 Å². The van der Waals surface area contributed by atoms with E-state index in [1.54, 1.807) is 7.11 Å². The summed E-state index contributed by atoms with van der Waals surface area (Å²) in [5.74, 6) is -0.203. The molecule has 0 saturated carbocycles. The van der Waals surface area contributed by atoms with Gasteiger partial charge in [-0.25, -0.2) is 4.79 Å². The molecule has 0 saturated heterocycles. The van der Waals surface area contributed by atoms with Gasteiger partial charge in [-0.15, -0.1) is 0 Å². The molecular formula is C18H28N2O4.